The smallest absolute Gasteiger partial charge is 0.327 e. The van der Waals surface area contributed by atoms with E-state index in [-0.39, 0.29) is 218 Å². The molecule has 4 radical (unpaired) electrons. The van der Waals surface area contributed by atoms with Gasteiger partial charge in [0, 0.05) is 183 Å². The normalized spacial score (nSPS) is 12.7. The minimum atomic E-state index is -1.49. The van der Waals surface area contributed by atoms with E-state index in [0.717, 1.165) is 7.11 Å². The van der Waals surface area contributed by atoms with Gasteiger partial charge in [0.1, 0.15) is 12.0 Å². The number of hydrogen-bond donors (Lipinski definition) is 8. The Morgan fingerprint density at radius 3 is 1.43 bits per heavy atom. The number of aromatic hydroxyl groups is 4. The van der Waals surface area contributed by atoms with Crippen LogP contribution in [0.15, 0.2) is 36.4 Å². The molecule has 0 spiro atoms. The number of methoxy groups -OCH3 is 1. The van der Waals surface area contributed by atoms with E-state index in [1.165, 1.54) is 57.2 Å². The first-order valence-electron chi connectivity index (χ1n) is 11.4. The molecule has 2 rings (SSSR count). The number of hydrogen-bond acceptors (Lipinski definition) is 11. The van der Waals surface area contributed by atoms with Crippen LogP contribution >= 0.6 is 0 Å². The summed E-state index contributed by atoms with van der Waals surface area (Å²) in [7, 11) is 1.16. The zero-order valence-electron chi connectivity index (χ0n) is 23.7. The maximum Gasteiger partial charge on any atom is 0.327 e. The fourth-order valence-electron chi connectivity index (χ4n) is 3.47. The topological polar surface area (TPSA) is 207 Å². The van der Waals surface area contributed by atoms with Gasteiger partial charge < -0.3 is 25.2 Å². The summed E-state index contributed by atoms with van der Waals surface area (Å²) in [5.74, 6) is -4.07. The largest absolute Gasteiger partial charge is 0.504 e. The molecule has 0 bridgehead atoms. The zero-order chi connectivity index (χ0) is 28.7. The molecule has 0 fully saturated rings. The van der Waals surface area contributed by atoms with Crippen LogP contribution in [0.5, 0.6) is 23.0 Å². The number of carbonyl (C=O) groups excluding carboxylic acids is 4. The maximum atomic E-state index is 12.4. The number of phenolic OH excluding ortho intramolecular Hbond substituents is 4. The second kappa shape index (κ2) is 22.1. The van der Waals surface area contributed by atoms with Crippen molar-refractivity contribution in [2.24, 2.45) is 0 Å². The summed E-state index contributed by atoms with van der Waals surface area (Å²) in [5.41, 5.74) is 7.91. The molecule has 8 N–H and O–H groups in total. The molecule has 0 aliphatic carbocycles. The van der Waals surface area contributed by atoms with Crippen molar-refractivity contribution in [2.75, 3.05) is 7.11 Å². The van der Waals surface area contributed by atoms with Crippen molar-refractivity contribution in [3.8, 4) is 23.0 Å². The SMILES string of the molecule is COC(=O)C(C)(Cc1ccc(O)c(O)c1)NNC(=O)CC(=O)NNC(C)(Cc1ccc(O)c(O)c1)C(C)=O.[Ac].[Ac].[Ac].[Ac]. The Morgan fingerprint density at radius 1 is 0.690 bits per heavy atom. The minimum absolute atomic E-state index is 0. The first-order chi connectivity index (χ1) is 17.7. The van der Waals surface area contributed by atoms with E-state index in [4.69, 9.17) is 4.74 Å². The maximum absolute atomic E-state index is 12.4. The summed E-state index contributed by atoms with van der Waals surface area (Å²) in [6, 6.07) is 8.05. The number of ketones is 1. The van der Waals surface area contributed by atoms with Gasteiger partial charge in [0.05, 0.1) is 12.6 Å². The van der Waals surface area contributed by atoms with Crippen LogP contribution < -0.4 is 21.7 Å². The van der Waals surface area contributed by atoms with Crippen LogP contribution in [0.25, 0.3) is 0 Å². The predicted octanol–water partition coefficient (Wildman–Crippen LogP) is 0.205. The quantitative estimate of drug-likeness (QED) is 0.0625. The summed E-state index contributed by atoms with van der Waals surface area (Å²) in [6.07, 6.45) is -0.676. The Hall–Kier alpha value is 1.41. The predicted molar refractivity (Wildman–Crippen MR) is 134 cm³/mol. The summed E-state index contributed by atoms with van der Waals surface area (Å²) in [6.45, 7) is 4.26. The van der Waals surface area contributed by atoms with Crippen molar-refractivity contribution in [3.05, 3.63) is 47.5 Å². The van der Waals surface area contributed by atoms with Crippen LogP contribution in [0.2, 0.25) is 0 Å². The number of esters is 1. The van der Waals surface area contributed by atoms with E-state index >= 15 is 0 Å². The second-order valence-corrected chi connectivity index (χ2v) is 9.23. The van der Waals surface area contributed by atoms with Gasteiger partial charge in [0.25, 0.3) is 0 Å². The molecule has 2 aromatic rings. The molecule has 0 heterocycles. The van der Waals surface area contributed by atoms with Crippen molar-refractivity contribution in [3.63, 3.8) is 0 Å². The fourth-order valence-corrected chi connectivity index (χ4v) is 3.47. The Balaban J connectivity index is -0.00000380. The number of carbonyl (C=O) groups is 4. The number of ether oxygens (including phenoxy) is 1. The van der Waals surface area contributed by atoms with E-state index in [0.29, 0.717) is 11.1 Å². The number of hydrazine groups is 2. The number of benzene rings is 2. The van der Waals surface area contributed by atoms with Gasteiger partial charge in [-0.05, 0) is 62.6 Å². The number of nitrogens with one attached hydrogen (secondary N) is 4. The van der Waals surface area contributed by atoms with Gasteiger partial charge in [0.2, 0.25) is 11.8 Å². The molecule has 0 aliphatic rings. The molecular weight excluding hydrogens is 1410 g/mol. The van der Waals surface area contributed by atoms with Gasteiger partial charge in [-0.2, -0.15) is 0 Å². The third-order valence-corrected chi connectivity index (χ3v) is 5.88. The van der Waals surface area contributed by atoms with E-state index < -0.39 is 35.3 Å². The molecule has 2 aromatic carbocycles. The average Bonchev–Trinajstić information content (AvgIpc) is 2.85. The van der Waals surface area contributed by atoms with Gasteiger partial charge in [-0.1, -0.05) is 12.1 Å². The summed E-state index contributed by atoms with van der Waals surface area (Å²) >= 11 is 0. The number of Topliss-reactive ketones (excluding diaryl/α,β-unsaturated/α-hetero) is 1. The number of rotatable bonds is 12. The Bertz CT molecular complexity index is 1240. The first-order valence-corrected chi connectivity index (χ1v) is 11.4. The van der Waals surface area contributed by atoms with Crippen LogP contribution in [0.4, 0.5) is 0 Å². The van der Waals surface area contributed by atoms with E-state index in [1.54, 1.807) is 0 Å². The molecule has 0 aromatic heterocycles. The van der Waals surface area contributed by atoms with Gasteiger partial charge >= 0.3 is 5.97 Å². The molecule has 0 saturated heterocycles. The molecule has 13 nitrogen and oxygen atoms in total. The first kappa shape index (κ1) is 47.8. The summed E-state index contributed by atoms with van der Waals surface area (Å²) in [4.78, 5) is 49.4. The Labute approximate surface area is 387 Å². The van der Waals surface area contributed by atoms with Crippen molar-refractivity contribution < 1.29 is 221 Å². The van der Waals surface area contributed by atoms with Crippen LogP contribution in [0, 0.1) is 176 Å². The molecule has 0 aliphatic heterocycles. The molecular formula is C25H32Ac4N4O9. The molecule has 42 heavy (non-hydrogen) atoms. The van der Waals surface area contributed by atoms with Gasteiger partial charge in [-0.3, -0.25) is 25.2 Å². The van der Waals surface area contributed by atoms with Crippen molar-refractivity contribution in [2.45, 2.75) is 51.1 Å². The fraction of sp³-hybridized carbons (Fsp3) is 0.360. The van der Waals surface area contributed by atoms with Gasteiger partial charge in [0.15, 0.2) is 28.8 Å². The van der Waals surface area contributed by atoms with Crippen LogP contribution in [0.3, 0.4) is 0 Å². The van der Waals surface area contributed by atoms with Crippen molar-refractivity contribution in [1.29, 1.82) is 0 Å². The average molecular weight is 1440 g/mol. The van der Waals surface area contributed by atoms with Crippen LogP contribution in [-0.2, 0) is 36.8 Å². The van der Waals surface area contributed by atoms with E-state index in [1.807, 2.05) is 0 Å². The van der Waals surface area contributed by atoms with E-state index in [9.17, 15) is 39.6 Å². The third kappa shape index (κ3) is 14.9. The summed E-state index contributed by atoms with van der Waals surface area (Å²) in [5, 5.41) is 38.3. The number of amides is 2. The Kier molecular flexibility index (Phi) is 25.1. The van der Waals surface area contributed by atoms with Crippen molar-refractivity contribution in [1.82, 2.24) is 21.7 Å². The Morgan fingerprint density at radius 2 is 1.07 bits per heavy atom. The standard InChI is InChI=1S/C25H32N4O9.4Ac/c1-14(30)24(2,12-15-5-7-17(31)19(33)9-15)28-26-21(35)11-22(36)27-29-25(3,23(37)38-4)13-16-6-8-18(32)20(34)10-16;;;;/h5-10,28-29,31-34H,11-13H2,1-4H3,(H,26,35)(H,27,36);;;;. The van der Waals surface area contributed by atoms with Crippen molar-refractivity contribution >= 4 is 23.6 Å². The van der Waals surface area contributed by atoms with Gasteiger partial charge in [-0.25, -0.2) is 15.6 Å². The summed E-state index contributed by atoms with van der Waals surface area (Å²) < 4.78 is 4.80. The molecule has 17 heteroatoms. The van der Waals surface area contributed by atoms with E-state index in [2.05, 4.69) is 21.7 Å². The molecule has 2 unspecified atom stereocenters. The molecule has 2 amide bonds. The second-order valence-electron chi connectivity index (χ2n) is 9.23. The number of phenols is 4. The minimum Gasteiger partial charge on any atom is -0.504 e. The monoisotopic (exact) mass is 1440 g/mol. The molecule has 0 saturated carbocycles. The van der Waals surface area contributed by atoms with Gasteiger partial charge in [-0.15, -0.1) is 0 Å². The third-order valence-electron chi connectivity index (χ3n) is 5.88. The zero-order valence-corrected chi connectivity index (χ0v) is 42.7. The molecule has 2 atom stereocenters. The van der Waals surface area contributed by atoms with Crippen LogP contribution in [0.1, 0.15) is 38.3 Å². The molecule has 218 valence electrons. The van der Waals surface area contributed by atoms with Crippen LogP contribution in [-0.4, -0.2) is 62.2 Å².